The molecule has 2 nitrogen and oxygen atoms in total. The molecule has 1 heterocycles. The molecule has 0 saturated heterocycles. The van der Waals surface area contributed by atoms with Crippen molar-refractivity contribution in [1.82, 2.24) is 4.98 Å². The van der Waals surface area contributed by atoms with E-state index in [0.29, 0.717) is 0 Å². The predicted octanol–water partition coefficient (Wildman–Crippen LogP) is 3.07. The lowest BCUT2D eigenvalue weighted by atomic mass is 10.0. The van der Waals surface area contributed by atoms with Crippen molar-refractivity contribution in [3.05, 3.63) is 48.3 Å². The number of pyridine rings is 1. The third kappa shape index (κ3) is 1.99. The zero-order valence-electron chi connectivity index (χ0n) is 8.90. The second-order valence-electron chi connectivity index (χ2n) is 3.42. The van der Waals surface area contributed by atoms with Crippen molar-refractivity contribution in [2.24, 2.45) is 0 Å². The van der Waals surface area contributed by atoms with Gasteiger partial charge in [-0.05, 0) is 47.9 Å². The minimum Gasteiger partial charge on any atom is -0.496 e. The summed E-state index contributed by atoms with van der Waals surface area (Å²) in [6.45, 7) is 2.05. The minimum atomic E-state index is 0.924. The fraction of sp³-hybridized carbons (Fsp3) is 0.154. The summed E-state index contributed by atoms with van der Waals surface area (Å²) in [6, 6.07) is 10.2. The van der Waals surface area contributed by atoms with E-state index in [1.165, 1.54) is 11.1 Å². The van der Waals surface area contributed by atoms with E-state index in [-0.39, 0.29) is 0 Å². The van der Waals surface area contributed by atoms with Crippen molar-refractivity contribution in [1.29, 1.82) is 0 Å². The zero-order chi connectivity index (χ0) is 10.7. The summed E-state index contributed by atoms with van der Waals surface area (Å²) in [5, 5.41) is 0. The van der Waals surface area contributed by atoms with Crippen molar-refractivity contribution < 1.29 is 4.74 Å². The molecule has 0 radical (unpaired) electrons. The van der Waals surface area contributed by atoms with E-state index in [1.54, 1.807) is 19.5 Å². The molecule has 0 aliphatic carbocycles. The van der Waals surface area contributed by atoms with Gasteiger partial charge in [0.2, 0.25) is 0 Å². The highest BCUT2D eigenvalue weighted by atomic mass is 16.5. The molecule has 2 heteroatoms. The molecule has 0 N–H and O–H groups in total. The minimum absolute atomic E-state index is 0.924. The summed E-state index contributed by atoms with van der Waals surface area (Å²) >= 11 is 0. The van der Waals surface area contributed by atoms with Crippen LogP contribution in [0.4, 0.5) is 0 Å². The number of rotatable bonds is 2. The topological polar surface area (TPSA) is 22.1 Å². The Bertz CT molecular complexity index is 451. The fourth-order valence-electron chi connectivity index (χ4n) is 1.60. The van der Waals surface area contributed by atoms with E-state index >= 15 is 0 Å². The lowest BCUT2D eigenvalue weighted by Gasteiger charge is -2.07. The monoisotopic (exact) mass is 199 g/mol. The highest BCUT2D eigenvalue weighted by Crippen LogP contribution is 2.25. The Balaban J connectivity index is 2.43. The Morgan fingerprint density at radius 2 is 1.73 bits per heavy atom. The van der Waals surface area contributed by atoms with Crippen LogP contribution in [-0.4, -0.2) is 12.1 Å². The number of ether oxygens (including phenoxy) is 1. The number of hydrogen-bond donors (Lipinski definition) is 0. The maximum atomic E-state index is 5.22. The van der Waals surface area contributed by atoms with Gasteiger partial charge in [-0.25, -0.2) is 0 Å². The van der Waals surface area contributed by atoms with E-state index < -0.39 is 0 Å². The Labute approximate surface area is 89.6 Å². The Kier molecular flexibility index (Phi) is 2.68. The van der Waals surface area contributed by atoms with E-state index in [9.17, 15) is 0 Å². The van der Waals surface area contributed by atoms with Gasteiger partial charge in [-0.15, -0.1) is 0 Å². The molecule has 2 rings (SSSR count). The predicted molar refractivity (Wildman–Crippen MR) is 61.0 cm³/mol. The summed E-state index contributed by atoms with van der Waals surface area (Å²) in [5.74, 6) is 0.924. The van der Waals surface area contributed by atoms with Gasteiger partial charge < -0.3 is 4.74 Å². The third-order valence-corrected chi connectivity index (χ3v) is 2.41. The molecule has 0 unspecified atom stereocenters. The highest BCUT2D eigenvalue weighted by Gasteiger charge is 2.01. The molecule has 0 aliphatic heterocycles. The molecule has 1 aromatic heterocycles. The van der Waals surface area contributed by atoms with Crippen LogP contribution in [0.1, 0.15) is 5.56 Å². The largest absolute Gasteiger partial charge is 0.496 e. The molecule has 0 saturated carbocycles. The summed E-state index contributed by atoms with van der Waals surface area (Å²) in [4.78, 5) is 4.00. The maximum Gasteiger partial charge on any atom is 0.121 e. The molecule has 76 valence electrons. The van der Waals surface area contributed by atoms with Gasteiger partial charge in [0.25, 0.3) is 0 Å². The molecule has 2 aromatic rings. The van der Waals surface area contributed by atoms with Gasteiger partial charge in [-0.2, -0.15) is 0 Å². The maximum absolute atomic E-state index is 5.22. The second-order valence-corrected chi connectivity index (χ2v) is 3.42. The lowest BCUT2D eigenvalue weighted by molar-refractivity contribution is 0.412. The lowest BCUT2D eigenvalue weighted by Crippen LogP contribution is -1.87. The summed E-state index contributed by atoms with van der Waals surface area (Å²) in [6.07, 6.45) is 3.60. The van der Waals surface area contributed by atoms with Crippen molar-refractivity contribution in [3.63, 3.8) is 0 Å². The number of aromatic nitrogens is 1. The molecular formula is C13H13NO. The van der Waals surface area contributed by atoms with Crippen LogP contribution >= 0.6 is 0 Å². The Morgan fingerprint density at radius 3 is 2.33 bits per heavy atom. The van der Waals surface area contributed by atoms with Crippen LogP contribution in [0.2, 0.25) is 0 Å². The SMILES string of the molecule is COc1ccc(-c2ccncc2)cc1C. The van der Waals surface area contributed by atoms with Crippen molar-refractivity contribution >= 4 is 0 Å². The number of nitrogens with zero attached hydrogens (tertiary/aromatic N) is 1. The number of benzene rings is 1. The van der Waals surface area contributed by atoms with Crippen LogP contribution < -0.4 is 4.74 Å². The summed E-state index contributed by atoms with van der Waals surface area (Å²) in [5.41, 5.74) is 3.51. The summed E-state index contributed by atoms with van der Waals surface area (Å²) in [7, 11) is 1.69. The molecular weight excluding hydrogens is 186 g/mol. The summed E-state index contributed by atoms with van der Waals surface area (Å²) < 4.78 is 5.22. The molecule has 0 spiro atoms. The number of methoxy groups -OCH3 is 1. The molecule has 0 fully saturated rings. The molecule has 1 aromatic carbocycles. The van der Waals surface area contributed by atoms with Crippen LogP contribution in [0.5, 0.6) is 5.75 Å². The Hall–Kier alpha value is -1.83. The first-order valence-corrected chi connectivity index (χ1v) is 4.86. The first kappa shape index (κ1) is 9.71. The number of aryl methyl sites for hydroxylation is 1. The number of hydrogen-bond acceptors (Lipinski definition) is 2. The fourth-order valence-corrected chi connectivity index (χ4v) is 1.60. The van der Waals surface area contributed by atoms with Gasteiger partial charge in [-0.1, -0.05) is 6.07 Å². The van der Waals surface area contributed by atoms with Crippen molar-refractivity contribution in [2.75, 3.05) is 7.11 Å². The van der Waals surface area contributed by atoms with Gasteiger partial charge in [0.15, 0.2) is 0 Å². The first-order valence-electron chi connectivity index (χ1n) is 4.86. The van der Waals surface area contributed by atoms with Gasteiger partial charge in [0.05, 0.1) is 7.11 Å². The van der Waals surface area contributed by atoms with Crippen LogP contribution in [-0.2, 0) is 0 Å². The smallest absolute Gasteiger partial charge is 0.121 e. The van der Waals surface area contributed by atoms with Gasteiger partial charge in [-0.3, -0.25) is 4.98 Å². The van der Waals surface area contributed by atoms with Crippen LogP contribution in [0.3, 0.4) is 0 Å². The highest BCUT2D eigenvalue weighted by molar-refractivity contribution is 5.64. The van der Waals surface area contributed by atoms with Crippen LogP contribution in [0.15, 0.2) is 42.7 Å². The van der Waals surface area contributed by atoms with Gasteiger partial charge in [0.1, 0.15) is 5.75 Å². The zero-order valence-corrected chi connectivity index (χ0v) is 8.90. The van der Waals surface area contributed by atoms with Crippen molar-refractivity contribution in [3.8, 4) is 16.9 Å². The Morgan fingerprint density at radius 1 is 1.00 bits per heavy atom. The van der Waals surface area contributed by atoms with Crippen LogP contribution in [0, 0.1) is 6.92 Å². The average Bonchev–Trinajstić information content (AvgIpc) is 2.30. The van der Waals surface area contributed by atoms with Gasteiger partial charge in [0, 0.05) is 12.4 Å². The second kappa shape index (κ2) is 4.13. The molecule has 0 amide bonds. The normalized spacial score (nSPS) is 10.0. The van der Waals surface area contributed by atoms with E-state index in [4.69, 9.17) is 4.74 Å². The molecule has 0 aliphatic rings. The first-order chi connectivity index (χ1) is 7.31. The van der Waals surface area contributed by atoms with Gasteiger partial charge >= 0.3 is 0 Å². The van der Waals surface area contributed by atoms with Crippen molar-refractivity contribution in [2.45, 2.75) is 6.92 Å². The third-order valence-electron chi connectivity index (χ3n) is 2.41. The van der Waals surface area contributed by atoms with Crippen LogP contribution in [0.25, 0.3) is 11.1 Å². The average molecular weight is 199 g/mol. The van der Waals surface area contributed by atoms with E-state index in [1.807, 2.05) is 25.1 Å². The molecule has 0 atom stereocenters. The molecule has 15 heavy (non-hydrogen) atoms. The quantitative estimate of drug-likeness (QED) is 0.741. The standard InChI is InChI=1S/C13H13NO/c1-10-9-12(3-4-13(10)15-2)11-5-7-14-8-6-11/h3-9H,1-2H3. The van der Waals surface area contributed by atoms with E-state index in [0.717, 1.165) is 11.3 Å². The van der Waals surface area contributed by atoms with E-state index in [2.05, 4.69) is 17.1 Å². The molecule has 0 bridgehead atoms.